The lowest BCUT2D eigenvalue weighted by molar-refractivity contribution is 0.263. The molecule has 1 aromatic heterocycles. The van der Waals surface area contributed by atoms with Gasteiger partial charge in [-0.25, -0.2) is 4.68 Å². The molecule has 21 heavy (non-hydrogen) atoms. The van der Waals surface area contributed by atoms with E-state index in [1.54, 1.807) is 7.11 Å². The number of nitrogens with one attached hydrogen (secondary N) is 1. The Balaban J connectivity index is 1.66. The quantitative estimate of drug-likeness (QED) is 0.891. The molecule has 7 heteroatoms. The number of hydrogen-bond donors (Lipinski definition) is 1. The van der Waals surface area contributed by atoms with Crippen LogP contribution in [0.25, 0.3) is 0 Å². The summed E-state index contributed by atoms with van der Waals surface area (Å²) in [7, 11) is 1.64. The average Bonchev–Trinajstić information content (AvgIpc) is 3.02. The Morgan fingerprint density at radius 3 is 2.90 bits per heavy atom. The standard InChI is InChI=1S/C14H19N5O2/c1-20-12-3-2-4-13(9-12)21-10-14-16-17-18-19(14)11-5-7-15-8-6-11/h2-4,9,11,15H,5-8,10H2,1H3. The van der Waals surface area contributed by atoms with E-state index in [2.05, 4.69) is 20.8 Å². The van der Waals surface area contributed by atoms with Crippen LogP contribution in [0, 0.1) is 0 Å². The Bertz CT molecular complexity index is 580. The van der Waals surface area contributed by atoms with Gasteiger partial charge in [-0.05, 0) is 48.5 Å². The van der Waals surface area contributed by atoms with Crippen LogP contribution in [0.15, 0.2) is 24.3 Å². The molecule has 1 aliphatic rings. The van der Waals surface area contributed by atoms with E-state index in [0.717, 1.165) is 43.3 Å². The van der Waals surface area contributed by atoms with Gasteiger partial charge in [0.15, 0.2) is 5.82 Å². The van der Waals surface area contributed by atoms with Crippen molar-refractivity contribution >= 4 is 0 Å². The molecule has 0 aliphatic carbocycles. The molecule has 1 aromatic carbocycles. The monoisotopic (exact) mass is 289 g/mol. The molecule has 0 amide bonds. The van der Waals surface area contributed by atoms with Gasteiger partial charge in [0.25, 0.3) is 0 Å². The number of nitrogens with zero attached hydrogens (tertiary/aromatic N) is 4. The van der Waals surface area contributed by atoms with Crippen LogP contribution in [-0.2, 0) is 6.61 Å². The van der Waals surface area contributed by atoms with E-state index >= 15 is 0 Å². The van der Waals surface area contributed by atoms with Gasteiger partial charge in [0, 0.05) is 6.07 Å². The SMILES string of the molecule is COc1cccc(OCc2nnnn2C2CCNCC2)c1. The second-order valence-electron chi connectivity index (χ2n) is 4.99. The third-order valence-corrected chi connectivity index (χ3v) is 3.62. The van der Waals surface area contributed by atoms with Gasteiger partial charge in [0.1, 0.15) is 18.1 Å². The first kappa shape index (κ1) is 13.8. The fourth-order valence-electron chi connectivity index (χ4n) is 2.48. The van der Waals surface area contributed by atoms with E-state index in [1.165, 1.54) is 0 Å². The molecule has 2 aromatic rings. The zero-order chi connectivity index (χ0) is 14.5. The van der Waals surface area contributed by atoms with Gasteiger partial charge in [-0.1, -0.05) is 6.07 Å². The fourth-order valence-corrected chi connectivity index (χ4v) is 2.48. The molecule has 0 atom stereocenters. The van der Waals surface area contributed by atoms with Crippen molar-refractivity contribution in [1.82, 2.24) is 25.5 Å². The van der Waals surface area contributed by atoms with Crippen LogP contribution in [0.5, 0.6) is 11.5 Å². The highest BCUT2D eigenvalue weighted by Gasteiger charge is 2.19. The van der Waals surface area contributed by atoms with Gasteiger partial charge in [-0.3, -0.25) is 0 Å². The predicted molar refractivity (Wildman–Crippen MR) is 76.3 cm³/mol. The van der Waals surface area contributed by atoms with E-state index < -0.39 is 0 Å². The molecule has 7 nitrogen and oxygen atoms in total. The average molecular weight is 289 g/mol. The third-order valence-electron chi connectivity index (χ3n) is 3.62. The van der Waals surface area contributed by atoms with Crippen molar-refractivity contribution in [1.29, 1.82) is 0 Å². The molecule has 1 fully saturated rings. The lowest BCUT2D eigenvalue weighted by Gasteiger charge is -2.23. The van der Waals surface area contributed by atoms with Gasteiger partial charge < -0.3 is 14.8 Å². The molecule has 3 rings (SSSR count). The van der Waals surface area contributed by atoms with Gasteiger partial charge in [0.2, 0.25) is 0 Å². The minimum absolute atomic E-state index is 0.351. The third kappa shape index (κ3) is 3.30. The van der Waals surface area contributed by atoms with Gasteiger partial charge >= 0.3 is 0 Å². The normalized spacial score (nSPS) is 15.9. The molecule has 0 spiro atoms. The number of benzene rings is 1. The first-order valence-electron chi connectivity index (χ1n) is 7.11. The summed E-state index contributed by atoms with van der Waals surface area (Å²) < 4.78 is 12.8. The summed E-state index contributed by atoms with van der Waals surface area (Å²) in [6, 6.07) is 7.86. The second kappa shape index (κ2) is 6.53. The molecular weight excluding hydrogens is 270 g/mol. The second-order valence-corrected chi connectivity index (χ2v) is 4.99. The first-order chi connectivity index (χ1) is 10.4. The number of tetrazole rings is 1. The highest BCUT2D eigenvalue weighted by atomic mass is 16.5. The molecule has 0 unspecified atom stereocenters. The van der Waals surface area contributed by atoms with Gasteiger partial charge in [0.05, 0.1) is 13.2 Å². The number of methoxy groups -OCH3 is 1. The zero-order valence-corrected chi connectivity index (χ0v) is 12.0. The molecular formula is C14H19N5O2. The minimum Gasteiger partial charge on any atom is -0.497 e. The Morgan fingerprint density at radius 1 is 1.29 bits per heavy atom. The summed E-state index contributed by atoms with van der Waals surface area (Å²) in [6.45, 7) is 2.35. The number of piperidine rings is 1. The molecule has 2 heterocycles. The molecule has 1 saturated heterocycles. The highest BCUT2D eigenvalue weighted by molar-refractivity contribution is 5.32. The maximum Gasteiger partial charge on any atom is 0.189 e. The smallest absolute Gasteiger partial charge is 0.189 e. The van der Waals surface area contributed by atoms with Crippen molar-refractivity contribution in [2.45, 2.75) is 25.5 Å². The Hall–Kier alpha value is -2.15. The lowest BCUT2D eigenvalue weighted by Crippen LogP contribution is -2.30. The number of aromatic nitrogens is 4. The van der Waals surface area contributed by atoms with Crippen LogP contribution < -0.4 is 14.8 Å². The van der Waals surface area contributed by atoms with Crippen molar-refractivity contribution < 1.29 is 9.47 Å². The highest BCUT2D eigenvalue weighted by Crippen LogP contribution is 2.21. The van der Waals surface area contributed by atoms with E-state index in [4.69, 9.17) is 9.47 Å². The summed E-state index contributed by atoms with van der Waals surface area (Å²) in [4.78, 5) is 0. The summed E-state index contributed by atoms with van der Waals surface area (Å²) in [6.07, 6.45) is 2.08. The van der Waals surface area contributed by atoms with Crippen molar-refractivity contribution in [2.24, 2.45) is 0 Å². The van der Waals surface area contributed by atoms with E-state index in [-0.39, 0.29) is 0 Å². The van der Waals surface area contributed by atoms with Crippen LogP contribution in [0.2, 0.25) is 0 Å². The van der Waals surface area contributed by atoms with Gasteiger partial charge in [-0.2, -0.15) is 0 Å². The summed E-state index contributed by atoms with van der Waals surface area (Å²) in [5.41, 5.74) is 0. The maximum absolute atomic E-state index is 5.77. The first-order valence-corrected chi connectivity index (χ1v) is 7.11. The topological polar surface area (TPSA) is 74.1 Å². The molecule has 0 saturated carbocycles. The Kier molecular flexibility index (Phi) is 4.30. The fraction of sp³-hybridized carbons (Fsp3) is 0.500. The molecule has 112 valence electrons. The Labute approximate surface area is 123 Å². The van der Waals surface area contributed by atoms with Crippen LogP contribution in [0.4, 0.5) is 0 Å². The minimum atomic E-state index is 0.351. The molecule has 0 radical (unpaired) electrons. The molecule has 0 bridgehead atoms. The van der Waals surface area contributed by atoms with E-state index in [9.17, 15) is 0 Å². The largest absolute Gasteiger partial charge is 0.497 e. The molecule has 1 N–H and O–H groups in total. The van der Waals surface area contributed by atoms with Crippen molar-refractivity contribution in [3.8, 4) is 11.5 Å². The number of rotatable bonds is 5. The van der Waals surface area contributed by atoms with Crippen LogP contribution in [0.3, 0.4) is 0 Å². The van der Waals surface area contributed by atoms with Gasteiger partial charge in [-0.15, -0.1) is 5.10 Å². The summed E-state index contributed by atoms with van der Waals surface area (Å²) in [5.74, 6) is 2.27. The van der Waals surface area contributed by atoms with E-state index in [1.807, 2.05) is 28.9 Å². The zero-order valence-electron chi connectivity index (χ0n) is 12.0. The van der Waals surface area contributed by atoms with Crippen LogP contribution in [-0.4, -0.2) is 40.4 Å². The predicted octanol–water partition coefficient (Wildman–Crippen LogP) is 1.19. The lowest BCUT2D eigenvalue weighted by atomic mass is 10.1. The number of hydrogen-bond acceptors (Lipinski definition) is 6. The van der Waals surface area contributed by atoms with Crippen LogP contribution in [0.1, 0.15) is 24.7 Å². The summed E-state index contributed by atoms with van der Waals surface area (Å²) in [5, 5.41) is 15.3. The summed E-state index contributed by atoms with van der Waals surface area (Å²) >= 11 is 0. The Morgan fingerprint density at radius 2 is 2.10 bits per heavy atom. The maximum atomic E-state index is 5.77. The number of ether oxygens (including phenoxy) is 2. The van der Waals surface area contributed by atoms with Crippen molar-refractivity contribution in [3.05, 3.63) is 30.1 Å². The van der Waals surface area contributed by atoms with Crippen LogP contribution >= 0.6 is 0 Å². The molecule has 1 aliphatic heterocycles. The van der Waals surface area contributed by atoms with E-state index in [0.29, 0.717) is 12.6 Å². The van der Waals surface area contributed by atoms with Crippen molar-refractivity contribution in [3.63, 3.8) is 0 Å². The van der Waals surface area contributed by atoms with Crippen molar-refractivity contribution in [2.75, 3.05) is 20.2 Å².